The fraction of sp³-hybridized carbons (Fsp3) is 0.625. The number of allylic oxidation sites excluding steroid dienone is 1. The molecule has 2 nitrogen and oxygen atoms in total. The average molecular weight is 174 g/mol. The summed E-state index contributed by atoms with van der Waals surface area (Å²) in [4.78, 5) is 0. The van der Waals surface area contributed by atoms with Crippen LogP contribution in [0.4, 0.5) is 0 Å². The lowest BCUT2D eigenvalue weighted by Gasteiger charge is -2.08. The second-order valence-corrected chi connectivity index (χ2v) is 2.64. The Hall–Kier alpha value is -0.410. The van der Waals surface area contributed by atoms with Crippen molar-refractivity contribution in [3.63, 3.8) is 0 Å². The van der Waals surface area contributed by atoms with E-state index in [4.69, 9.17) is 9.84 Å². The van der Waals surface area contributed by atoms with Gasteiger partial charge in [-0.15, -0.1) is 0 Å². The van der Waals surface area contributed by atoms with Gasteiger partial charge in [0, 0.05) is 0 Å². The topological polar surface area (TPSA) is 29.5 Å². The first-order chi connectivity index (χ1) is 5.20. The molecule has 64 valence electrons. The molecule has 0 aromatic rings. The first kappa shape index (κ1) is 10.6. The number of rotatable bonds is 4. The van der Waals surface area contributed by atoms with E-state index in [2.05, 4.69) is 12.2 Å². The lowest BCUT2D eigenvalue weighted by Crippen LogP contribution is -2.13. The summed E-state index contributed by atoms with van der Waals surface area (Å²) >= 11 is 4.68. The minimum absolute atomic E-state index is 0.0328. The van der Waals surface area contributed by atoms with E-state index in [1.807, 2.05) is 26.0 Å². The van der Waals surface area contributed by atoms with Gasteiger partial charge in [-0.1, -0.05) is 13.0 Å². The maximum absolute atomic E-state index is 8.52. The zero-order chi connectivity index (χ0) is 8.69. The molecule has 0 amide bonds. The number of aliphatic hydroxyl groups excluding tert-OH is 1. The number of hydrogen-bond acceptors (Lipinski definition) is 3. The van der Waals surface area contributed by atoms with Crippen molar-refractivity contribution in [2.24, 2.45) is 0 Å². The van der Waals surface area contributed by atoms with Gasteiger partial charge in [0.1, 0.15) is 12.7 Å². The molecular weight excluding hydrogens is 160 g/mol. The Balaban J connectivity index is 3.59. The Morgan fingerprint density at radius 2 is 2.36 bits per heavy atom. The van der Waals surface area contributed by atoms with Crippen molar-refractivity contribution in [1.29, 1.82) is 0 Å². The summed E-state index contributed by atoms with van der Waals surface area (Å²) in [5.41, 5.74) is 0. The van der Waals surface area contributed by atoms with Crippen LogP contribution in [0.1, 0.15) is 20.3 Å². The van der Waals surface area contributed by atoms with Crippen LogP contribution >= 0.6 is 12.2 Å². The Labute approximate surface area is 72.9 Å². The zero-order valence-electron chi connectivity index (χ0n) is 6.91. The number of ether oxygens (including phenoxy) is 1. The van der Waals surface area contributed by atoms with Gasteiger partial charge in [0.15, 0.2) is 5.05 Å². The van der Waals surface area contributed by atoms with Gasteiger partial charge in [-0.25, -0.2) is 0 Å². The molecular formula is C8H14O2S. The number of thiocarbonyl (C=S) groups is 1. The van der Waals surface area contributed by atoms with Crippen LogP contribution in [0, 0.1) is 0 Å². The highest BCUT2D eigenvalue weighted by Gasteiger charge is 1.99. The van der Waals surface area contributed by atoms with E-state index in [-0.39, 0.29) is 17.8 Å². The molecule has 0 aromatic carbocycles. The van der Waals surface area contributed by atoms with E-state index in [1.54, 1.807) is 0 Å². The standard InChI is InChI=1S/C8H14O2S/c1-3-4-5-7(2)10-8(11)6-9/h4-5,7,9H,3,6H2,1-2H3. The second kappa shape index (κ2) is 6.31. The average Bonchev–Trinajstić information content (AvgIpc) is 2.00. The predicted octanol–water partition coefficient (Wildman–Crippen LogP) is 1.68. The SMILES string of the molecule is CCC=CC(C)OC(=S)CO. The summed E-state index contributed by atoms with van der Waals surface area (Å²) in [5.74, 6) is 0. The Morgan fingerprint density at radius 3 is 2.82 bits per heavy atom. The van der Waals surface area contributed by atoms with Crippen LogP contribution in [0.3, 0.4) is 0 Å². The largest absolute Gasteiger partial charge is 0.478 e. The third-order valence-corrected chi connectivity index (χ3v) is 1.31. The maximum atomic E-state index is 8.52. The summed E-state index contributed by atoms with van der Waals surface area (Å²) in [7, 11) is 0. The van der Waals surface area contributed by atoms with Gasteiger partial charge in [-0.3, -0.25) is 0 Å². The normalized spacial score (nSPS) is 13.4. The lowest BCUT2D eigenvalue weighted by atomic mass is 10.3. The number of hydrogen-bond donors (Lipinski definition) is 1. The van der Waals surface area contributed by atoms with Gasteiger partial charge < -0.3 is 9.84 Å². The van der Waals surface area contributed by atoms with Crippen LogP contribution in [0.2, 0.25) is 0 Å². The fourth-order valence-electron chi connectivity index (χ4n) is 0.612. The van der Waals surface area contributed by atoms with E-state index >= 15 is 0 Å². The van der Waals surface area contributed by atoms with Crippen molar-refractivity contribution >= 4 is 17.3 Å². The molecule has 0 rings (SSSR count). The van der Waals surface area contributed by atoms with Gasteiger partial charge in [-0.05, 0) is 31.6 Å². The Bertz CT molecular complexity index is 143. The molecule has 0 aliphatic heterocycles. The molecule has 1 N–H and O–H groups in total. The third-order valence-electron chi connectivity index (χ3n) is 1.09. The first-order valence-electron chi connectivity index (χ1n) is 3.67. The summed E-state index contributed by atoms with van der Waals surface area (Å²) in [5, 5.41) is 8.77. The molecule has 1 unspecified atom stereocenters. The second-order valence-electron chi connectivity index (χ2n) is 2.19. The molecule has 0 aliphatic carbocycles. The summed E-state index contributed by atoms with van der Waals surface area (Å²) < 4.78 is 5.10. The minimum Gasteiger partial charge on any atom is -0.478 e. The highest BCUT2D eigenvalue weighted by atomic mass is 32.1. The highest BCUT2D eigenvalue weighted by Crippen LogP contribution is 1.95. The van der Waals surface area contributed by atoms with Gasteiger partial charge >= 0.3 is 0 Å². The van der Waals surface area contributed by atoms with Crippen LogP contribution in [0.15, 0.2) is 12.2 Å². The van der Waals surface area contributed by atoms with Crippen molar-refractivity contribution in [2.45, 2.75) is 26.4 Å². The van der Waals surface area contributed by atoms with Crippen LogP contribution < -0.4 is 0 Å². The number of aliphatic hydroxyl groups is 1. The lowest BCUT2D eigenvalue weighted by molar-refractivity contribution is 0.228. The molecule has 1 atom stereocenters. The predicted molar refractivity (Wildman–Crippen MR) is 49.7 cm³/mol. The van der Waals surface area contributed by atoms with Crippen molar-refractivity contribution in [1.82, 2.24) is 0 Å². The molecule has 0 fully saturated rings. The monoisotopic (exact) mass is 174 g/mol. The van der Waals surface area contributed by atoms with Gasteiger partial charge in [0.2, 0.25) is 0 Å². The van der Waals surface area contributed by atoms with Crippen molar-refractivity contribution in [3.8, 4) is 0 Å². The fourth-order valence-corrected chi connectivity index (χ4v) is 0.763. The van der Waals surface area contributed by atoms with Gasteiger partial charge in [0.05, 0.1) is 0 Å². The van der Waals surface area contributed by atoms with Crippen LogP contribution in [0.5, 0.6) is 0 Å². The van der Waals surface area contributed by atoms with Crippen molar-refractivity contribution in [3.05, 3.63) is 12.2 Å². The maximum Gasteiger partial charge on any atom is 0.186 e. The molecule has 0 bridgehead atoms. The summed E-state index contributed by atoms with van der Waals surface area (Å²) in [6.07, 6.45) is 4.88. The van der Waals surface area contributed by atoms with Gasteiger partial charge in [-0.2, -0.15) is 0 Å². The van der Waals surface area contributed by atoms with Crippen LogP contribution in [0.25, 0.3) is 0 Å². The third kappa shape index (κ3) is 6.01. The minimum atomic E-state index is -0.181. The molecule has 0 saturated heterocycles. The van der Waals surface area contributed by atoms with E-state index in [0.717, 1.165) is 6.42 Å². The van der Waals surface area contributed by atoms with E-state index < -0.39 is 0 Å². The summed E-state index contributed by atoms with van der Waals surface area (Å²) in [6.45, 7) is 3.75. The molecule has 0 aromatic heterocycles. The van der Waals surface area contributed by atoms with E-state index in [9.17, 15) is 0 Å². The molecule has 0 radical (unpaired) electrons. The van der Waals surface area contributed by atoms with E-state index in [0.29, 0.717) is 0 Å². The molecule has 11 heavy (non-hydrogen) atoms. The van der Waals surface area contributed by atoms with Crippen molar-refractivity contribution < 1.29 is 9.84 Å². The van der Waals surface area contributed by atoms with Crippen LogP contribution in [-0.4, -0.2) is 22.9 Å². The summed E-state index contributed by atoms with van der Waals surface area (Å²) in [6, 6.07) is 0. The molecule has 0 spiro atoms. The molecule has 0 aliphatic rings. The molecule has 3 heteroatoms. The molecule has 0 saturated carbocycles. The zero-order valence-corrected chi connectivity index (χ0v) is 7.73. The molecule has 0 heterocycles. The van der Waals surface area contributed by atoms with Crippen molar-refractivity contribution in [2.75, 3.05) is 6.61 Å². The van der Waals surface area contributed by atoms with Crippen LogP contribution in [-0.2, 0) is 4.74 Å². The Kier molecular flexibility index (Phi) is 6.07. The van der Waals surface area contributed by atoms with E-state index in [1.165, 1.54) is 0 Å². The highest BCUT2D eigenvalue weighted by molar-refractivity contribution is 7.80. The van der Waals surface area contributed by atoms with Gasteiger partial charge in [0.25, 0.3) is 0 Å². The quantitative estimate of drug-likeness (QED) is 0.519. The Morgan fingerprint density at radius 1 is 1.73 bits per heavy atom. The first-order valence-corrected chi connectivity index (χ1v) is 4.08. The smallest absolute Gasteiger partial charge is 0.186 e.